The monoisotopic (exact) mass is 496 g/mol. The topological polar surface area (TPSA) is 51.9 Å². The summed E-state index contributed by atoms with van der Waals surface area (Å²) in [7, 11) is 0. The Morgan fingerprint density at radius 3 is 2.43 bits per heavy atom. The first-order chi connectivity index (χ1) is 17.1. The molecule has 0 aliphatic rings. The van der Waals surface area contributed by atoms with Crippen LogP contribution in [0, 0.1) is 11.7 Å². The Kier molecular flexibility index (Phi) is 6.79. The maximum absolute atomic E-state index is 13.0. The first-order valence-electron chi connectivity index (χ1n) is 11.3. The lowest BCUT2D eigenvalue weighted by atomic mass is 10.1. The largest absolute Gasteiger partial charge is 0.324 e. The van der Waals surface area contributed by atoms with Gasteiger partial charge in [-0.15, -0.1) is 11.8 Å². The van der Waals surface area contributed by atoms with Crippen LogP contribution < -0.4 is 5.32 Å². The molecule has 0 bridgehead atoms. The van der Waals surface area contributed by atoms with Gasteiger partial charge >= 0.3 is 0 Å². The Labute approximate surface area is 213 Å². The van der Waals surface area contributed by atoms with Gasteiger partial charge in [0.25, 0.3) is 0 Å². The lowest BCUT2D eigenvalue weighted by Crippen LogP contribution is -2.20. The SMILES string of the molecule is Cc1ccc(SCc2nn(CC(=O)Nc3cccc4ccccc34)c(=S)n2-c2ccccc2)cc1. The van der Waals surface area contributed by atoms with Gasteiger partial charge in [0.15, 0.2) is 0 Å². The number of rotatable bonds is 7. The minimum absolute atomic E-state index is 0.0318. The van der Waals surface area contributed by atoms with Crippen LogP contribution in [0.2, 0.25) is 0 Å². The van der Waals surface area contributed by atoms with E-state index >= 15 is 0 Å². The lowest BCUT2D eigenvalue weighted by Gasteiger charge is -2.09. The van der Waals surface area contributed by atoms with Gasteiger partial charge in [0.1, 0.15) is 12.4 Å². The second-order valence-corrected chi connectivity index (χ2v) is 9.62. The summed E-state index contributed by atoms with van der Waals surface area (Å²) >= 11 is 7.47. The summed E-state index contributed by atoms with van der Waals surface area (Å²) in [6.07, 6.45) is 0. The Balaban J connectivity index is 1.42. The van der Waals surface area contributed by atoms with Crippen molar-refractivity contribution in [2.75, 3.05) is 5.32 Å². The number of carbonyl (C=O) groups is 1. The molecule has 0 fully saturated rings. The number of anilines is 1. The van der Waals surface area contributed by atoms with E-state index in [9.17, 15) is 4.79 Å². The molecule has 7 heteroatoms. The second-order valence-electron chi connectivity index (χ2n) is 8.20. The van der Waals surface area contributed by atoms with Crippen molar-refractivity contribution in [3.05, 3.63) is 113 Å². The highest BCUT2D eigenvalue weighted by Gasteiger charge is 2.16. The Hall–Kier alpha value is -3.68. The van der Waals surface area contributed by atoms with Gasteiger partial charge < -0.3 is 5.32 Å². The van der Waals surface area contributed by atoms with E-state index in [0.29, 0.717) is 10.5 Å². The van der Waals surface area contributed by atoms with Crippen LogP contribution >= 0.6 is 24.0 Å². The van der Waals surface area contributed by atoms with E-state index in [-0.39, 0.29) is 12.5 Å². The predicted octanol–water partition coefficient (Wildman–Crippen LogP) is 6.80. The van der Waals surface area contributed by atoms with Crippen LogP contribution in [0.15, 0.2) is 102 Å². The van der Waals surface area contributed by atoms with Crippen molar-refractivity contribution in [2.24, 2.45) is 0 Å². The molecule has 5 aromatic rings. The van der Waals surface area contributed by atoms with Crippen LogP contribution in [0.5, 0.6) is 0 Å². The third-order valence-electron chi connectivity index (χ3n) is 5.67. The summed E-state index contributed by atoms with van der Waals surface area (Å²) in [5, 5.41) is 9.86. The van der Waals surface area contributed by atoms with Crippen molar-refractivity contribution in [1.82, 2.24) is 14.3 Å². The molecule has 1 N–H and O–H groups in total. The van der Waals surface area contributed by atoms with Crippen LogP contribution in [0.3, 0.4) is 0 Å². The number of benzene rings is 4. The fourth-order valence-corrected chi connectivity index (χ4v) is 5.06. The van der Waals surface area contributed by atoms with E-state index in [1.165, 1.54) is 5.56 Å². The molecular weight excluding hydrogens is 472 g/mol. The number of aryl methyl sites for hydroxylation is 1. The van der Waals surface area contributed by atoms with E-state index in [0.717, 1.165) is 32.9 Å². The van der Waals surface area contributed by atoms with Gasteiger partial charge in [-0.05, 0) is 54.9 Å². The van der Waals surface area contributed by atoms with Crippen LogP contribution in [0.25, 0.3) is 16.5 Å². The quantitative estimate of drug-likeness (QED) is 0.199. The number of carbonyl (C=O) groups excluding carboxylic acids is 1. The van der Waals surface area contributed by atoms with Gasteiger partial charge in [0.2, 0.25) is 10.7 Å². The number of aromatic nitrogens is 3. The average molecular weight is 497 g/mol. The Morgan fingerprint density at radius 2 is 1.63 bits per heavy atom. The summed E-state index contributed by atoms with van der Waals surface area (Å²) in [5.74, 6) is 1.25. The average Bonchev–Trinajstić information content (AvgIpc) is 3.19. The van der Waals surface area contributed by atoms with Gasteiger partial charge in [-0.2, -0.15) is 5.10 Å². The number of thioether (sulfide) groups is 1. The van der Waals surface area contributed by atoms with E-state index < -0.39 is 0 Å². The standard InChI is InChI=1S/C28H24N4OS2/c1-20-14-16-23(17-15-20)35-19-26-30-31(28(34)32(26)22-10-3-2-4-11-22)18-27(33)29-25-13-7-9-21-8-5-6-12-24(21)25/h2-17H,18-19H2,1H3,(H,29,33). The molecule has 0 aliphatic carbocycles. The molecule has 0 aliphatic heterocycles. The summed E-state index contributed by atoms with van der Waals surface area (Å²) in [4.78, 5) is 14.2. The van der Waals surface area contributed by atoms with Crippen molar-refractivity contribution in [2.45, 2.75) is 24.1 Å². The number of nitrogens with one attached hydrogen (secondary N) is 1. The van der Waals surface area contributed by atoms with Gasteiger partial charge in [-0.1, -0.05) is 72.3 Å². The summed E-state index contributed by atoms with van der Waals surface area (Å²) in [5.41, 5.74) is 2.93. The second kappa shape index (κ2) is 10.3. The predicted molar refractivity (Wildman–Crippen MR) is 146 cm³/mol. The molecule has 35 heavy (non-hydrogen) atoms. The third-order valence-corrected chi connectivity index (χ3v) is 7.07. The molecule has 1 aromatic heterocycles. The molecule has 0 saturated heterocycles. The number of hydrogen-bond donors (Lipinski definition) is 1. The Bertz CT molecular complexity index is 1530. The van der Waals surface area contributed by atoms with Crippen molar-refractivity contribution < 1.29 is 4.79 Å². The Morgan fingerprint density at radius 1 is 0.914 bits per heavy atom. The molecule has 5 nitrogen and oxygen atoms in total. The molecule has 5 rings (SSSR count). The zero-order valence-corrected chi connectivity index (χ0v) is 20.9. The molecule has 0 atom stereocenters. The fourth-order valence-electron chi connectivity index (χ4n) is 3.93. The normalized spacial score (nSPS) is 11.0. The van der Waals surface area contributed by atoms with Crippen LogP contribution in [-0.2, 0) is 17.1 Å². The third kappa shape index (κ3) is 5.21. The highest BCUT2D eigenvalue weighted by atomic mass is 32.2. The van der Waals surface area contributed by atoms with Crippen LogP contribution in [-0.4, -0.2) is 20.3 Å². The summed E-state index contributed by atoms with van der Waals surface area (Å²) in [6.45, 7) is 2.11. The van der Waals surface area contributed by atoms with E-state index in [1.807, 2.05) is 77.4 Å². The van der Waals surface area contributed by atoms with Crippen molar-refractivity contribution >= 4 is 46.3 Å². The first kappa shape index (κ1) is 23.1. The molecule has 0 saturated carbocycles. The molecule has 1 amide bonds. The molecule has 0 unspecified atom stereocenters. The van der Waals surface area contributed by atoms with Gasteiger partial charge in [-0.3, -0.25) is 9.36 Å². The smallest absolute Gasteiger partial charge is 0.246 e. The maximum Gasteiger partial charge on any atom is 0.246 e. The molecular formula is C28H24N4OS2. The minimum Gasteiger partial charge on any atom is -0.324 e. The fraction of sp³-hybridized carbons (Fsp3) is 0.107. The highest BCUT2D eigenvalue weighted by Crippen LogP contribution is 2.25. The number of fused-ring (bicyclic) bond motifs is 1. The van der Waals surface area contributed by atoms with Crippen molar-refractivity contribution in [3.63, 3.8) is 0 Å². The maximum atomic E-state index is 13.0. The summed E-state index contributed by atoms with van der Waals surface area (Å²) in [6, 6.07) is 32.2. The number of hydrogen-bond acceptors (Lipinski definition) is 4. The molecule has 0 radical (unpaired) electrons. The number of nitrogens with zero attached hydrogens (tertiary/aromatic N) is 3. The van der Waals surface area contributed by atoms with Crippen LogP contribution in [0.1, 0.15) is 11.4 Å². The molecule has 0 spiro atoms. The first-order valence-corrected chi connectivity index (χ1v) is 12.7. The molecule has 4 aromatic carbocycles. The zero-order chi connectivity index (χ0) is 24.2. The number of amides is 1. The van der Waals surface area contributed by atoms with Crippen molar-refractivity contribution in [3.8, 4) is 5.69 Å². The van der Waals surface area contributed by atoms with Crippen molar-refractivity contribution in [1.29, 1.82) is 0 Å². The van der Waals surface area contributed by atoms with Crippen LogP contribution in [0.4, 0.5) is 5.69 Å². The summed E-state index contributed by atoms with van der Waals surface area (Å²) < 4.78 is 4.04. The minimum atomic E-state index is -0.173. The zero-order valence-electron chi connectivity index (χ0n) is 19.2. The van der Waals surface area contributed by atoms with Gasteiger partial charge in [0.05, 0.1) is 5.75 Å². The highest BCUT2D eigenvalue weighted by molar-refractivity contribution is 7.98. The van der Waals surface area contributed by atoms with E-state index in [4.69, 9.17) is 17.3 Å². The van der Waals surface area contributed by atoms with E-state index in [1.54, 1.807) is 16.4 Å². The van der Waals surface area contributed by atoms with Gasteiger partial charge in [-0.25, -0.2) is 4.68 Å². The molecule has 1 heterocycles. The molecule has 174 valence electrons. The van der Waals surface area contributed by atoms with Gasteiger partial charge in [0, 0.05) is 21.7 Å². The number of para-hydroxylation sites is 1. The van der Waals surface area contributed by atoms with E-state index in [2.05, 4.69) is 36.5 Å². The lowest BCUT2D eigenvalue weighted by molar-refractivity contribution is -0.116.